The molecule has 4 heteroatoms. The standard InChI is InChI=1S/C24H36O4.C2H6/c1-2-3-4-5-6-7-8-9-10-11-12-13-14-15-16-17-18-19-24(25)28-23-20-26-22-27-21-23;1-2/h3-4,6-7,9-10,12-13,15-16,23H,2,5,8,11,14,17-22H2,1H3;1-2H3/b4-3-,7-6-,10-9-,13-12-,16-15-;. The number of ether oxygens (including phenoxy) is 3. The SMILES string of the molecule is CC.CC/C=C\C/C=C\C/C=C\C/C=C\C/C=C\CCCC(=O)OC1COCOC1. The van der Waals surface area contributed by atoms with E-state index in [1.807, 2.05) is 13.8 Å². The Bertz CT molecular complexity index is 523. The van der Waals surface area contributed by atoms with E-state index < -0.39 is 0 Å². The molecule has 0 radical (unpaired) electrons. The second-order valence-electron chi connectivity index (χ2n) is 6.57. The van der Waals surface area contributed by atoms with Crippen molar-refractivity contribution in [2.45, 2.75) is 78.2 Å². The number of esters is 1. The number of unbranched alkanes of at least 4 members (excludes halogenated alkanes) is 1. The van der Waals surface area contributed by atoms with Crippen molar-refractivity contribution in [3.05, 3.63) is 60.8 Å². The van der Waals surface area contributed by atoms with Crippen LogP contribution in [-0.2, 0) is 19.0 Å². The van der Waals surface area contributed by atoms with E-state index in [0.717, 1.165) is 44.9 Å². The van der Waals surface area contributed by atoms with Crippen LogP contribution in [0.1, 0.15) is 72.1 Å². The van der Waals surface area contributed by atoms with E-state index in [-0.39, 0.29) is 18.9 Å². The van der Waals surface area contributed by atoms with Gasteiger partial charge >= 0.3 is 5.97 Å². The summed E-state index contributed by atoms with van der Waals surface area (Å²) in [5.41, 5.74) is 0. The normalized spacial score (nSPS) is 15.6. The Morgan fingerprint density at radius 2 is 1.27 bits per heavy atom. The lowest BCUT2D eigenvalue weighted by Gasteiger charge is -2.22. The molecular weight excluding hydrogens is 376 g/mol. The van der Waals surface area contributed by atoms with Gasteiger partial charge < -0.3 is 14.2 Å². The molecule has 1 aliphatic heterocycles. The minimum Gasteiger partial charge on any atom is -0.457 e. The van der Waals surface area contributed by atoms with Gasteiger partial charge in [-0.15, -0.1) is 0 Å². The van der Waals surface area contributed by atoms with Crippen molar-refractivity contribution >= 4 is 5.97 Å². The molecular formula is C26H42O4. The highest BCUT2D eigenvalue weighted by Crippen LogP contribution is 2.06. The maximum absolute atomic E-state index is 11.7. The Kier molecular flexibility index (Phi) is 21.9. The molecule has 1 rings (SSSR count). The first kappa shape index (κ1) is 28.1. The minimum atomic E-state index is -0.255. The summed E-state index contributed by atoms with van der Waals surface area (Å²) in [6.45, 7) is 7.30. The zero-order chi connectivity index (χ0) is 22.1. The molecule has 4 nitrogen and oxygen atoms in total. The van der Waals surface area contributed by atoms with Crippen LogP contribution in [0.25, 0.3) is 0 Å². The molecule has 1 saturated heterocycles. The van der Waals surface area contributed by atoms with Gasteiger partial charge in [-0.05, 0) is 44.9 Å². The van der Waals surface area contributed by atoms with Crippen molar-refractivity contribution in [1.82, 2.24) is 0 Å². The summed E-state index contributed by atoms with van der Waals surface area (Å²) < 4.78 is 15.5. The van der Waals surface area contributed by atoms with Gasteiger partial charge in [0.1, 0.15) is 12.9 Å². The predicted molar refractivity (Wildman–Crippen MR) is 126 cm³/mol. The number of rotatable bonds is 14. The Balaban J connectivity index is 0.00000407. The molecule has 0 saturated carbocycles. The summed E-state index contributed by atoms with van der Waals surface area (Å²) >= 11 is 0. The number of carbonyl (C=O) groups excluding carboxylic acids is 1. The van der Waals surface area contributed by atoms with Crippen molar-refractivity contribution in [3.63, 3.8) is 0 Å². The molecule has 1 aliphatic rings. The average molecular weight is 419 g/mol. The molecule has 0 aromatic rings. The molecule has 30 heavy (non-hydrogen) atoms. The molecule has 0 amide bonds. The van der Waals surface area contributed by atoms with Gasteiger partial charge in [-0.2, -0.15) is 0 Å². The predicted octanol–water partition coefficient (Wildman–Crippen LogP) is 6.85. The Hall–Kier alpha value is -1.91. The van der Waals surface area contributed by atoms with Gasteiger partial charge in [0.05, 0.1) is 13.2 Å². The molecule has 0 spiro atoms. The van der Waals surface area contributed by atoms with Crippen molar-refractivity contribution in [3.8, 4) is 0 Å². The van der Waals surface area contributed by atoms with Gasteiger partial charge in [0.25, 0.3) is 0 Å². The molecule has 0 atom stereocenters. The maximum Gasteiger partial charge on any atom is 0.306 e. The summed E-state index contributed by atoms with van der Waals surface area (Å²) in [4.78, 5) is 11.7. The van der Waals surface area contributed by atoms with Gasteiger partial charge in [0.15, 0.2) is 0 Å². The summed E-state index contributed by atoms with van der Waals surface area (Å²) in [6, 6.07) is 0. The highest BCUT2D eigenvalue weighted by molar-refractivity contribution is 5.69. The van der Waals surface area contributed by atoms with Gasteiger partial charge in [-0.3, -0.25) is 4.79 Å². The topological polar surface area (TPSA) is 44.8 Å². The van der Waals surface area contributed by atoms with E-state index in [9.17, 15) is 4.79 Å². The fraction of sp³-hybridized carbons (Fsp3) is 0.577. The number of allylic oxidation sites excluding steroid dienone is 10. The highest BCUT2D eigenvalue weighted by atomic mass is 16.7. The molecule has 170 valence electrons. The molecule has 0 aromatic heterocycles. The lowest BCUT2D eigenvalue weighted by molar-refractivity contribution is -0.183. The lowest BCUT2D eigenvalue weighted by atomic mass is 10.2. The summed E-state index contributed by atoms with van der Waals surface area (Å²) in [6.07, 6.45) is 28.7. The molecule has 1 fully saturated rings. The van der Waals surface area contributed by atoms with Crippen molar-refractivity contribution in [1.29, 1.82) is 0 Å². The van der Waals surface area contributed by atoms with E-state index in [4.69, 9.17) is 14.2 Å². The first-order chi connectivity index (χ1) is 14.8. The quantitative estimate of drug-likeness (QED) is 0.176. The number of hydrogen-bond donors (Lipinski definition) is 0. The fourth-order valence-corrected chi connectivity index (χ4v) is 2.51. The first-order valence-corrected chi connectivity index (χ1v) is 11.4. The van der Waals surface area contributed by atoms with Gasteiger partial charge in [-0.25, -0.2) is 0 Å². The highest BCUT2D eigenvalue weighted by Gasteiger charge is 2.18. The van der Waals surface area contributed by atoms with Crippen LogP contribution in [0.3, 0.4) is 0 Å². The van der Waals surface area contributed by atoms with Crippen LogP contribution in [-0.4, -0.2) is 32.1 Å². The second kappa shape index (κ2) is 23.4. The van der Waals surface area contributed by atoms with E-state index in [1.54, 1.807) is 0 Å². The molecule has 0 aliphatic carbocycles. The van der Waals surface area contributed by atoms with Crippen LogP contribution >= 0.6 is 0 Å². The second-order valence-corrected chi connectivity index (χ2v) is 6.57. The van der Waals surface area contributed by atoms with Gasteiger partial charge in [-0.1, -0.05) is 81.5 Å². The third-order valence-corrected chi connectivity index (χ3v) is 3.98. The van der Waals surface area contributed by atoms with Crippen LogP contribution in [0.2, 0.25) is 0 Å². The van der Waals surface area contributed by atoms with Crippen LogP contribution in [0.15, 0.2) is 60.8 Å². The van der Waals surface area contributed by atoms with Crippen molar-refractivity contribution < 1.29 is 19.0 Å². The maximum atomic E-state index is 11.7. The van der Waals surface area contributed by atoms with E-state index in [1.165, 1.54) is 0 Å². The third kappa shape index (κ3) is 19.4. The van der Waals surface area contributed by atoms with Crippen molar-refractivity contribution in [2.75, 3.05) is 20.0 Å². The monoisotopic (exact) mass is 418 g/mol. The first-order valence-electron chi connectivity index (χ1n) is 11.4. The van der Waals surface area contributed by atoms with Crippen LogP contribution in [0.5, 0.6) is 0 Å². The number of carbonyl (C=O) groups is 1. The molecule has 0 N–H and O–H groups in total. The summed E-state index contributed by atoms with van der Waals surface area (Å²) in [7, 11) is 0. The Morgan fingerprint density at radius 1 is 0.800 bits per heavy atom. The van der Waals surface area contributed by atoms with Crippen LogP contribution in [0, 0.1) is 0 Å². The smallest absolute Gasteiger partial charge is 0.306 e. The van der Waals surface area contributed by atoms with Gasteiger partial charge in [0.2, 0.25) is 0 Å². The lowest BCUT2D eigenvalue weighted by Crippen LogP contribution is -2.33. The van der Waals surface area contributed by atoms with Crippen molar-refractivity contribution in [2.24, 2.45) is 0 Å². The molecule has 0 aromatic carbocycles. The van der Waals surface area contributed by atoms with E-state index >= 15 is 0 Å². The third-order valence-electron chi connectivity index (χ3n) is 3.98. The molecule has 0 unspecified atom stereocenters. The number of hydrogen-bond acceptors (Lipinski definition) is 4. The summed E-state index contributed by atoms with van der Waals surface area (Å²) in [5.74, 6) is -0.175. The zero-order valence-electron chi connectivity index (χ0n) is 19.3. The van der Waals surface area contributed by atoms with Crippen LogP contribution < -0.4 is 0 Å². The molecule has 1 heterocycles. The minimum absolute atomic E-state index is 0.175. The molecule has 0 bridgehead atoms. The largest absolute Gasteiger partial charge is 0.457 e. The van der Waals surface area contributed by atoms with Crippen LogP contribution in [0.4, 0.5) is 0 Å². The zero-order valence-corrected chi connectivity index (χ0v) is 19.3. The van der Waals surface area contributed by atoms with E-state index in [0.29, 0.717) is 19.6 Å². The Labute approximate surface area is 184 Å². The Morgan fingerprint density at radius 3 is 1.77 bits per heavy atom. The summed E-state index contributed by atoms with van der Waals surface area (Å²) in [5, 5.41) is 0. The fourth-order valence-electron chi connectivity index (χ4n) is 2.51. The average Bonchev–Trinajstić information content (AvgIpc) is 2.78. The van der Waals surface area contributed by atoms with Gasteiger partial charge in [0, 0.05) is 6.42 Å². The van der Waals surface area contributed by atoms with E-state index in [2.05, 4.69) is 67.7 Å².